The Hall–Kier alpha value is -3.60. The summed E-state index contributed by atoms with van der Waals surface area (Å²) >= 11 is 7.65. The van der Waals surface area contributed by atoms with Crippen molar-refractivity contribution in [2.45, 2.75) is 13.0 Å². The first-order chi connectivity index (χ1) is 16.8. The van der Waals surface area contributed by atoms with E-state index in [2.05, 4.69) is 4.99 Å². The number of ether oxygens (including phenoxy) is 2. The summed E-state index contributed by atoms with van der Waals surface area (Å²) in [6.07, 6.45) is 1.63. The van der Waals surface area contributed by atoms with Crippen molar-refractivity contribution < 1.29 is 19.2 Å². The van der Waals surface area contributed by atoms with Crippen LogP contribution in [-0.4, -0.2) is 35.8 Å². The number of methoxy groups -OCH3 is 1. The molecule has 180 valence electrons. The van der Waals surface area contributed by atoms with Crippen LogP contribution < -0.4 is 14.9 Å². The number of nitrogens with zero attached hydrogens (tertiary/aromatic N) is 3. The van der Waals surface area contributed by atoms with Gasteiger partial charge in [-0.3, -0.25) is 19.5 Å². The zero-order valence-electron chi connectivity index (χ0n) is 18.8. The number of esters is 1. The maximum atomic E-state index is 13.6. The van der Waals surface area contributed by atoms with E-state index in [1.165, 1.54) is 23.8 Å². The Bertz CT molecular complexity index is 1510. The van der Waals surface area contributed by atoms with E-state index in [9.17, 15) is 19.7 Å². The maximum absolute atomic E-state index is 13.6. The number of hydrogen-bond acceptors (Lipinski definition) is 8. The van der Waals surface area contributed by atoms with Gasteiger partial charge in [0.15, 0.2) is 4.80 Å². The Kier molecular flexibility index (Phi) is 7.25. The van der Waals surface area contributed by atoms with Gasteiger partial charge in [0.1, 0.15) is 12.6 Å². The summed E-state index contributed by atoms with van der Waals surface area (Å²) < 4.78 is 12.1. The van der Waals surface area contributed by atoms with Crippen LogP contribution in [0.3, 0.4) is 0 Å². The van der Waals surface area contributed by atoms with Crippen molar-refractivity contribution in [1.82, 2.24) is 4.57 Å². The van der Waals surface area contributed by atoms with Gasteiger partial charge in [0.05, 0.1) is 27.3 Å². The monoisotopic (exact) mass is 513 g/mol. The second kappa shape index (κ2) is 10.3. The molecule has 1 aromatic heterocycles. The minimum Gasteiger partial charge on any atom is -0.460 e. The number of rotatable bonds is 7. The molecule has 4 rings (SSSR count). The van der Waals surface area contributed by atoms with Crippen LogP contribution in [0.5, 0.6) is 0 Å². The topological polar surface area (TPSA) is 113 Å². The van der Waals surface area contributed by atoms with Gasteiger partial charge in [-0.05, 0) is 42.3 Å². The van der Waals surface area contributed by atoms with Crippen LogP contribution in [0, 0.1) is 10.1 Å². The highest BCUT2D eigenvalue weighted by Crippen LogP contribution is 2.34. The fourth-order valence-electron chi connectivity index (χ4n) is 3.71. The second-order valence-electron chi connectivity index (χ2n) is 7.58. The number of non-ortho nitro benzene ring substituents is 1. The number of thiazole rings is 1. The number of halogens is 1. The Labute approximate surface area is 208 Å². The molecule has 0 N–H and O–H groups in total. The van der Waals surface area contributed by atoms with E-state index in [-0.39, 0.29) is 30.0 Å². The molecule has 0 saturated heterocycles. The summed E-state index contributed by atoms with van der Waals surface area (Å²) in [6.45, 7) is 1.96. The molecule has 1 atom stereocenters. The summed E-state index contributed by atoms with van der Waals surface area (Å²) in [5, 5.41) is 11.3. The van der Waals surface area contributed by atoms with E-state index < -0.39 is 16.9 Å². The maximum Gasteiger partial charge on any atom is 0.338 e. The summed E-state index contributed by atoms with van der Waals surface area (Å²) in [6, 6.07) is 12.0. The van der Waals surface area contributed by atoms with Crippen LogP contribution >= 0.6 is 22.9 Å². The molecule has 0 saturated carbocycles. The van der Waals surface area contributed by atoms with E-state index in [0.29, 0.717) is 31.2 Å². The molecule has 1 aliphatic rings. The Morgan fingerprint density at radius 1 is 1.23 bits per heavy atom. The molecule has 0 bridgehead atoms. The average molecular weight is 514 g/mol. The van der Waals surface area contributed by atoms with Gasteiger partial charge < -0.3 is 9.47 Å². The Morgan fingerprint density at radius 3 is 2.60 bits per heavy atom. The lowest BCUT2D eigenvalue weighted by Gasteiger charge is -2.25. The second-order valence-corrected chi connectivity index (χ2v) is 9.00. The summed E-state index contributed by atoms with van der Waals surface area (Å²) in [5.74, 6) is -0.613. The van der Waals surface area contributed by atoms with Crippen LogP contribution in [0.1, 0.15) is 24.1 Å². The van der Waals surface area contributed by atoms with Crippen molar-refractivity contribution >= 4 is 40.7 Å². The lowest BCUT2D eigenvalue weighted by molar-refractivity contribution is -0.384. The molecule has 2 heterocycles. The molecule has 35 heavy (non-hydrogen) atoms. The number of nitro benzene ring substituents is 1. The van der Waals surface area contributed by atoms with Gasteiger partial charge in [0.2, 0.25) is 0 Å². The van der Waals surface area contributed by atoms with Gasteiger partial charge in [-0.1, -0.05) is 41.1 Å². The summed E-state index contributed by atoms with van der Waals surface area (Å²) in [7, 11) is 1.50. The molecule has 0 radical (unpaired) electrons. The Morgan fingerprint density at radius 2 is 1.94 bits per heavy atom. The first-order valence-electron chi connectivity index (χ1n) is 10.5. The standard InChI is InChI=1S/C24H20ClN3O6S/c1-14-20(23(30)34-12-11-33-2)21(17-5-3-4-6-18(17)25)27-22(29)19(35-24(27)26-14)13-15-7-9-16(10-8-15)28(31)32/h3-10,13,21H,11-12H2,1-2H3/b19-13-. The van der Waals surface area contributed by atoms with Gasteiger partial charge in [-0.25, -0.2) is 9.79 Å². The largest absolute Gasteiger partial charge is 0.460 e. The van der Waals surface area contributed by atoms with Crippen molar-refractivity contribution in [1.29, 1.82) is 0 Å². The number of carbonyl (C=O) groups excluding carboxylic acids is 1. The van der Waals surface area contributed by atoms with Crippen LogP contribution in [0.15, 0.2) is 69.6 Å². The number of hydrogen-bond donors (Lipinski definition) is 0. The first kappa shape index (κ1) is 24.5. The third-order valence-corrected chi connectivity index (χ3v) is 6.69. The van der Waals surface area contributed by atoms with Gasteiger partial charge >= 0.3 is 5.97 Å². The van der Waals surface area contributed by atoms with E-state index in [4.69, 9.17) is 21.1 Å². The predicted molar refractivity (Wildman–Crippen MR) is 131 cm³/mol. The summed E-state index contributed by atoms with van der Waals surface area (Å²) in [4.78, 5) is 42.0. The number of allylic oxidation sites excluding steroid dienone is 1. The normalized spacial score (nSPS) is 15.5. The zero-order valence-corrected chi connectivity index (χ0v) is 20.3. The molecule has 0 fully saturated rings. The van der Waals surface area contributed by atoms with Crippen molar-refractivity contribution in [3.05, 3.63) is 106 Å². The molecule has 11 heteroatoms. The fourth-order valence-corrected chi connectivity index (χ4v) is 5.00. The number of benzene rings is 2. The van der Waals surface area contributed by atoms with Gasteiger partial charge in [0, 0.05) is 24.3 Å². The smallest absolute Gasteiger partial charge is 0.338 e. The average Bonchev–Trinajstić information content (AvgIpc) is 3.13. The molecule has 1 unspecified atom stereocenters. The van der Waals surface area contributed by atoms with Crippen LogP contribution in [0.25, 0.3) is 6.08 Å². The highest BCUT2D eigenvalue weighted by atomic mass is 35.5. The number of nitro groups is 1. The summed E-state index contributed by atoms with van der Waals surface area (Å²) in [5.41, 5.74) is 1.39. The molecule has 1 aliphatic heterocycles. The molecular formula is C24H20ClN3O6S. The molecule has 0 aliphatic carbocycles. The number of carbonyl (C=O) groups is 1. The van der Waals surface area contributed by atoms with E-state index in [1.54, 1.807) is 49.4 Å². The SMILES string of the molecule is COCCOC(=O)C1=C(C)N=c2s/c(=C\c3ccc([N+](=O)[O-])cc3)c(=O)n2C1c1ccccc1Cl. The minimum absolute atomic E-state index is 0.0467. The van der Waals surface area contributed by atoms with Crippen molar-refractivity contribution in [3.63, 3.8) is 0 Å². The van der Waals surface area contributed by atoms with Gasteiger partial charge in [-0.2, -0.15) is 0 Å². The van der Waals surface area contributed by atoms with Crippen LogP contribution in [0.2, 0.25) is 5.02 Å². The van der Waals surface area contributed by atoms with E-state index >= 15 is 0 Å². The highest BCUT2D eigenvalue weighted by molar-refractivity contribution is 7.07. The van der Waals surface area contributed by atoms with E-state index in [1.807, 2.05) is 0 Å². The number of fused-ring (bicyclic) bond motifs is 1. The van der Waals surface area contributed by atoms with Crippen molar-refractivity contribution in [2.75, 3.05) is 20.3 Å². The third-order valence-electron chi connectivity index (χ3n) is 5.36. The van der Waals surface area contributed by atoms with Crippen LogP contribution in [0.4, 0.5) is 5.69 Å². The van der Waals surface area contributed by atoms with Gasteiger partial charge in [-0.15, -0.1) is 0 Å². The van der Waals surface area contributed by atoms with Crippen molar-refractivity contribution in [3.8, 4) is 0 Å². The van der Waals surface area contributed by atoms with E-state index in [0.717, 1.165) is 11.3 Å². The molecule has 3 aromatic rings. The molecule has 2 aromatic carbocycles. The van der Waals surface area contributed by atoms with Crippen molar-refractivity contribution in [2.24, 2.45) is 4.99 Å². The fraction of sp³-hybridized carbons (Fsp3) is 0.208. The lowest BCUT2D eigenvalue weighted by atomic mass is 9.96. The first-order valence-corrected chi connectivity index (χ1v) is 11.7. The predicted octanol–water partition coefficient (Wildman–Crippen LogP) is 2.99. The van der Waals surface area contributed by atoms with Gasteiger partial charge in [0.25, 0.3) is 11.2 Å². The molecular weight excluding hydrogens is 494 g/mol. The quantitative estimate of drug-likeness (QED) is 0.208. The molecule has 0 amide bonds. The zero-order chi connectivity index (χ0) is 25.1. The third kappa shape index (κ3) is 4.95. The number of aromatic nitrogens is 1. The Balaban J connectivity index is 1.87. The molecule has 0 spiro atoms. The highest BCUT2D eigenvalue weighted by Gasteiger charge is 2.34. The lowest BCUT2D eigenvalue weighted by Crippen LogP contribution is -2.40. The minimum atomic E-state index is -0.839. The molecule has 9 nitrogen and oxygen atoms in total. The van der Waals surface area contributed by atoms with Crippen LogP contribution in [-0.2, 0) is 14.3 Å².